The zero-order valence-corrected chi connectivity index (χ0v) is 11.7. The highest BCUT2D eigenvalue weighted by atomic mass is 32.2. The molecule has 8 heteroatoms. The lowest BCUT2D eigenvalue weighted by Gasteiger charge is -2.11. The van der Waals surface area contributed by atoms with E-state index in [-0.39, 0.29) is 5.84 Å². The molecule has 1 aliphatic rings. The molecule has 1 fully saturated rings. The van der Waals surface area contributed by atoms with Crippen LogP contribution in [0.3, 0.4) is 0 Å². The molecule has 104 valence electrons. The van der Waals surface area contributed by atoms with Gasteiger partial charge in [0, 0.05) is 22.9 Å². The lowest BCUT2D eigenvalue weighted by molar-refractivity contribution is 0.423. The molecule has 0 aliphatic heterocycles. The molecule has 7 nitrogen and oxygen atoms in total. The second-order valence-corrected chi connectivity index (χ2v) is 5.74. The number of hydrogen-bond donors (Lipinski definition) is 2. The summed E-state index contributed by atoms with van der Waals surface area (Å²) in [6.45, 7) is 0. The molecule has 1 saturated carbocycles. The van der Waals surface area contributed by atoms with Crippen LogP contribution in [-0.4, -0.2) is 31.0 Å². The molecule has 20 heavy (non-hydrogen) atoms. The van der Waals surface area contributed by atoms with Crippen LogP contribution >= 0.6 is 11.8 Å². The van der Waals surface area contributed by atoms with Crippen molar-refractivity contribution in [1.29, 1.82) is 5.41 Å². The van der Waals surface area contributed by atoms with Crippen molar-refractivity contribution in [2.45, 2.75) is 41.8 Å². The second kappa shape index (κ2) is 5.58. The van der Waals surface area contributed by atoms with Crippen LogP contribution < -0.4 is 5.73 Å². The van der Waals surface area contributed by atoms with E-state index in [1.54, 1.807) is 18.5 Å². The molecule has 0 aromatic carbocycles. The number of rotatable bonds is 4. The first-order chi connectivity index (χ1) is 9.75. The number of pyridine rings is 1. The standard InChI is InChI=1S/C12H15N7S/c13-11(14)9-5-6-15-7-10(9)20-12-16-17-18-19(12)8-3-1-2-4-8/h5-8H,1-4H2,(H3,13,14). The second-order valence-electron chi connectivity index (χ2n) is 4.73. The highest BCUT2D eigenvalue weighted by Crippen LogP contribution is 2.34. The first kappa shape index (κ1) is 13.0. The van der Waals surface area contributed by atoms with E-state index in [9.17, 15) is 0 Å². The van der Waals surface area contributed by atoms with Gasteiger partial charge in [-0.2, -0.15) is 0 Å². The van der Waals surface area contributed by atoms with Gasteiger partial charge in [0.05, 0.1) is 6.04 Å². The number of hydrogen-bond acceptors (Lipinski definition) is 6. The Morgan fingerprint density at radius 1 is 1.40 bits per heavy atom. The Bertz CT molecular complexity index is 618. The minimum absolute atomic E-state index is 0.0230. The summed E-state index contributed by atoms with van der Waals surface area (Å²) in [6.07, 6.45) is 7.99. The van der Waals surface area contributed by atoms with Gasteiger partial charge in [-0.05, 0) is 41.1 Å². The van der Waals surface area contributed by atoms with Crippen molar-refractivity contribution >= 4 is 17.6 Å². The molecule has 0 spiro atoms. The summed E-state index contributed by atoms with van der Waals surface area (Å²) < 4.78 is 1.88. The quantitative estimate of drug-likeness (QED) is 0.654. The Labute approximate surface area is 120 Å². The van der Waals surface area contributed by atoms with E-state index in [1.807, 2.05) is 4.68 Å². The zero-order valence-electron chi connectivity index (χ0n) is 10.9. The molecular weight excluding hydrogens is 274 g/mol. The van der Waals surface area contributed by atoms with Gasteiger partial charge in [0.15, 0.2) is 0 Å². The lowest BCUT2D eigenvalue weighted by Crippen LogP contribution is -2.13. The Morgan fingerprint density at radius 3 is 2.95 bits per heavy atom. The topological polar surface area (TPSA) is 106 Å². The van der Waals surface area contributed by atoms with Crippen LogP contribution in [0.5, 0.6) is 0 Å². The van der Waals surface area contributed by atoms with E-state index in [1.165, 1.54) is 24.6 Å². The molecule has 3 rings (SSSR count). The van der Waals surface area contributed by atoms with Crippen LogP contribution in [0.1, 0.15) is 37.3 Å². The molecule has 2 aromatic heterocycles. The lowest BCUT2D eigenvalue weighted by atomic mass is 10.2. The third-order valence-corrected chi connectivity index (χ3v) is 4.41. The van der Waals surface area contributed by atoms with E-state index >= 15 is 0 Å². The normalized spacial score (nSPS) is 15.6. The highest BCUT2D eigenvalue weighted by Gasteiger charge is 2.22. The molecular formula is C12H15N7S. The summed E-state index contributed by atoms with van der Waals surface area (Å²) in [5.41, 5.74) is 6.25. The van der Waals surface area contributed by atoms with E-state index in [0.717, 1.165) is 22.9 Å². The molecule has 0 amide bonds. The Hall–Kier alpha value is -1.96. The van der Waals surface area contributed by atoms with Crippen molar-refractivity contribution in [2.75, 3.05) is 0 Å². The van der Waals surface area contributed by atoms with Crippen molar-refractivity contribution in [3.8, 4) is 0 Å². The first-order valence-corrected chi connectivity index (χ1v) is 7.31. The molecule has 0 bridgehead atoms. The van der Waals surface area contributed by atoms with E-state index in [4.69, 9.17) is 11.1 Å². The molecule has 2 heterocycles. The summed E-state index contributed by atoms with van der Waals surface area (Å²) in [4.78, 5) is 4.88. The highest BCUT2D eigenvalue weighted by molar-refractivity contribution is 7.99. The summed E-state index contributed by atoms with van der Waals surface area (Å²) in [7, 11) is 0. The van der Waals surface area contributed by atoms with Crippen LogP contribution in [0.25, 0.3) is 0 Å². The van der Waals surface area contributed by atoms with Crippen molar-refractivity contribution in [3.63, 3.8) is 0 Å². The Kier molecular flexibility index (Phi) is 3.64. The average Bonchev–Trinajstić information content (AvgIpc) is 3.09. The molecule has 0 atom stereocenters. The van der Waals surface area contributed by atoms with E-state index < -0.39 is 0 Å². The van der Waals surface area contributed by atoms with Crippen molar-refractivity contribution in [1.82, 2.24) is 25.2 Å². The number of tetrazole rings is 1. The third-order valence-electron chi connectivity index (χ3n) is 3.41. The zero-order chi connectivity index (χ0) is 13.9. The van der Waals surface area contributed by atoms with Crippen LogP contribution in [0.2, 0.25) is 0 Å². The minimum Gasteiger partial charge on any atom is -0.384 e. The summed E-state index contributed by atoms with van der Waals surface area (Å²) in [5, 5.41) is 20.3. The largest absolute Gasteiger partial charge is 0.384 e. The first-order valence-electron chi connectivity index (χ1n) is 6.50. The molecule has 3 N–H and O–H groups in total. The number of nitrogen functional groups attached to an aromatic ring is 1. The summed E-state index contributed by atoms with van der Waals surface area (Å²) >= 11 is 1.41. The van der Waals surface area contributed by atoms with Crippen LogP contribution in [0, 0.1) is 5.41 Å². The molecule has 0 unspecified atom stereocenters. The van der Waals surface area contributed by atoms with Crippen LogP contribution in [-0.2, 0) is 0 Å². The molecule has 2 aromatic rings. The number of amidine groups is 1. The Morgan fingerprint density at radius 2 is 2.20 bits per heavy atom. The fraction of sp³-hybridized carbons (Fsp3) is 0.417. The van der Waals surface area contributed by atoms with Gasteiger partial charge in [0.1, 0.15) is 5.84 Å². The van der Waals surface area contributed by atoms with Gasteiger partial charge in [-0.3, -0.25) is 10.4 Å². The van der Waals surface area contributed by atoms with Gasteiger partial charge in [-0.25, -0.2) is 4.68 Å². The maximum Gasteiger partial charge on any atom is 0.214 e. The van der Waals surface area contributed by atoms with Gasteiger partial charge in [0.2, 0.25) is 5.16 Å². The average molecular weight is 289 g/mol. The monoisotopic (exact) mass is 289 g/mol. The Balaban J connectivity index is 1.88. The fourth-order valence-electron chi connectivity index (χ4n) is 2.41. The molecule has 0 radical (unpaired) electrons. The maximum absolute atomic E-state index is 7.60. The van der Waals surface area contributed by atoms with Gasteiger partial charge in [0.25, 0.3) is 0 Å². The summed E-state index contributed by atoms with van der Waals surface area (Å²) in [6, 6.07) is 2.11. The van der Waals surface area contributed by atoms with Crippen LogP contribution in [0.15, 0.2) is 28.5 Å². The fourth-order valence-corrected chi connectivity index (χ4v) is 3.37. The van der Waals surface area contributed by atoms with Crippen molar-refractivity contribution in [2.24, 2.45) is 5.73 Å². The third kappa shape index (κ3) is 2.51. The number of aromatic nitrogens is 5. The van der Waals surface area contributed by atoms with Gasteiger partial charge >= 0.3 is 0 Å². The summed E-state index contributed by atoms with van der Waals surface area (Å²) in [5.74, 6) is 0.0230. The van der Waals surface area contributed by atoms with E-state index in [2.05, 4.69) is 20.5 Å². The predicted molar refractivity (Wildman–Crippen MR) is 74.7 cm³/mol. The van der Waals surface area contributed by atoms with Crippen molar-refractivity contribution in [3.05, 3.63) is 24.0 Å². The van der Waals surface area contributed by atoms with Gasteiger partial charge in [-0.1, -0.05) is 12.8 Å². The smallest absolute Gasteiger partial charge is 0.214 e. The van der Waals surface area contributed by atoms with Crippen molar-refractivity contribution < 1.29 is 0 Å². The SMILES string of the molecule is N=C(N)c1ccncc1Sc1nnnn1C1CCCC1. The maximum atomic E-state index is 7.60. The molecule has 0 saturated heterocycles. The number of nitrogens with zero attached hydrogens (tertiary/aromatic N) is 5. The molecule has 1 aliphatic carbocycles. The van der Waals surface area contributed by atoms with Gasteiger partial charge in [-0.15, -0.1) is 5.10 Å². The van der Waals surface area contributed by atoms with E-state index in [0.29, 0.717) is 11.6 Å². The number of nitrogens with two attached hydrogens (primary N) is 1. The number of nitrogens with one attached hydrogen (secondary N) is 1. The van der Waals surface area contributed by atoms with Gasteiger partial charge < -0.3 is 5.73 Å². The minimum atomic E-state index is 0.0230. The predicted octanol–water partition coefficient (Wildman–Crippen LogP) is 1.62. The van der Waals surface area contributed by atoms with Crippen LogP contribution in [0.4, 0.5) is 0 Å².